The van der Waals surface area contributed by atoms with E-state index in [1.807, 2.05) is 49.5 Å². The lowest BCUT2D eigenvalue weighted by Gasteiger charge is -2.17. The molecule has 0 saturated carbocycles. The van der Waals surface area contributed by atoms with E-state index < -0.39 is 0 Å². The molecule has 0 N–H and O–H groups in total. The molecule has 0 aliphatic carbocycles. The SMILES string of the molecule is CN(CCCOc1ccccc1)C(=O)CCc1ccncc1. The fourth-order valence-corrected chi connectivity index (χ4v) is 2.12. The Morgan fingerprint density at radius 1 is 1.14 bits per heavy atom. The summed E-state index contributed by atoms with van der Waals surface area (Å²) in [6.07, 6.45) is 5.62. The predicted molar refractivity (Wildman–Crippen MR) is 86.7 cm³/mol. The van der Waals surface area contributed by atoms with Gasteiger partial charge in [0, 0.05) is 32.4 Å². The second kappa shape index (κ2) is 8.82. The first-order valence-corrected chi connectivity index (χ1v) is 7.56. The zero-order valence-corrected chi connectivity index (χ0v) is 12.9. The highest BCUT2D eigenvalue weighted by Crippen LogP contribution is 2.08. The average molecular weight is 298 g/mol. The minimum atomic E-state index is 0.163. The molecule has 0 saturated heterocycles. The summed E-state index contributed by atoms with van der Waals surface area (Å²) in [7, 11) is 1.84. The molecule has 0 unspecified atom stereocenters. The number of hydrogen-bond acceptors (Lipinski definition) is 3. The zero-order valence-electron chi connectivity index (χ0n) is 12.9. The first-order chi connectivity index (χ1) is 10.8. The smallest absolute Gasteiger partial charge is 0.222 e. The summed E-state index contributed by atoms with van der Waals surface area (Å²) in [6, 6.07) is 13.6. The maximum absolute atomic E-state index is 12.1. The largest absolute Gasteiger partial charge is 0.494 e. The molecule has 4 nitrogen and oxygen atoms in total. The Bertz CT molecular complexity index is 558. The molecule has 1 aromatic heterocycles. The molecular formula is C18H22N2O2. The number of nitrogens with zero attached hydrogens (tertiary/aromatic N) is 2. The van der Waals surface area contributed by atoms with Gasteiger partial charge in [-0.15, -0.1) is 0 Å². The molecule has 0 fully saturated rings. The van der Waals surface area contributed by atoms with Crippen LogP contribution in [0.15, 0.2) is 54.9 Å². The second-order valence-corrected chi connectivity index (χ2v) is 5.19. The van der Waals surface area contributed by atoms with Crippen molar-refractivity contribution < 1.29 is 9.53 Å². The number of pyridine rings is 1. The summed E-state index contributed by atoms with van der Waals surface area (Å²) in [5, 5.41) is 0. The van der Waals surface area contributed by atoms with Crippen LogP contribution in [0.25, 0.3) is 0 Å². The van der Waals surface area contributed by atoms with Crippen LogP contribution in [0.2, 0.25) is 0 Å². The van der Waals surface area contributed by atoms with E-state index in [0.717, 1.165) is 24.2 Å². The topological polar surface area (TPSA) is 42.4 Å². The molecule has 0 atom stereocenters. The van der Waals surface area contributed by atoms with Gasteiger partial charge in [0.05, 0.1) is 6.61 Å². The third kappa shape index (κ3) is 5.56. The van der Waals surface area contributed by atoms with Crippen molar-refractivity contribution in [2.24, 2.45) is 0 Å². The van der Waals surface area contributed by atoms with Crippen molar-refractivity contribution in [2.45, 2.75) is 19.3 Å². The van der Waals surface area contributed by atoms with E-state index in [4.69, 9.17) is 4.74 Å². The molecule has 22 heavy (non-hydrogen) atoms. The predicted octanol–water partition coefficient (Wildman–Crippen LogP) is 2.94. The van der Waals surface area contributed by atoms with E-state index in [1.54, 1.807) is 17.3 Å². The minimum absolute atomic E-state index is 0.163. The summed E-state index contributed by atoms with van der Waals surface area (Å²) >= 11 is 0. The molecular weight excluding hydrogens is 276 g/mol. The van der Waals surface area contributed by atoms with Crippen molar-refractivity contribution >= 4 is 5.91 Å². The number of aromatic nitrogens is 1. The van der Waals surface area contributed by atoms with Crippen molar-refractivity contribution in [2.75, 3.05) is 20.2 Å². The van der Waals surface area contributed by atoms with Crippen molar-refractivity contribution in [3.63, 3.8) is 0 Å². The number of benzene rings is 1. The molecule has 0 spiro atoms. The molecule has 2 rings (SSSR count). The third-order valence-electron chi connectivity index (χ3n) is 3.45. The fraction of sp³-hybridized carbons (Fsp3) is 0.333. The van der Waals surface area contributed by atoms with Gasteiger partial charge in [0.15, 0.2) is 0 Å². The van der Waals surface area contributed by atoms with Gasteiger partial charge in [-0.2, -0.15) is 0 Å². The average Bonchev–Trinajstić information content (AvgIpc) is 2.58. The first kappa shape index (κ1) is 16.0. The highest BCUT2D eigenvalue weighted by molar-refractivity contribution is 5.76. The van der Waals surface area contributed by atoms with Gasteiger partial charge in [-0.25, -0.2) is 0 Å². The lowest BCUT2D eigenvalue weighted by Crippen LogP contribution is -2.28. The van der Waals surface area contributed by atoms with Gasteiger partial charge in [0.1, 0.15) is 5.75 Å². The van der Waals surface area contributed by atoms with E-state index in [-0.39, 0.29) is 5.91 Å². The Morgan fingerprint density at radius 2 is 1.86 bits per heavy atom. The van der Waals surface area contributed by atoms with Crippen molar-refractivity contribution in [1.82, 2.24) is 9.88 Å². The minimum Gasteiger partial charge on any atom is -0.494 e. The highest BCUT2D eigenvalue weighted by atomic mass is 16.5. The number of aryl methyl sites for hydroxylation is 1. The highest BCUT2D eigenvalue weighted by Gasteiger charge is 2.08. The standard InChI is InChI=1S/C18H22N2O2/c1-20(14-5-15-22-17-6-3-2-4-7-17)18(21)9-8-16-10-12-19-13-11-16/h2-4,6-7,10-13H,5,8-9,14-15H2,1H3. The van der Waals surface area contributed by atoms with Crippen LogP contribution in [-0.4, -0.2) is 36.0 Å². The van der Waals surface area contributed by atoms with E-state index in [1.165, 1.54) is 0 Å². The third-order valence-corrected chi connectivity index (χ3v) is 3.45. The number of amides is 1. The van der Waals surface area contributed by atoms with Crippen LogP contribution in [0.5, 0.6) is 5.75 Å². The molecule has 1 heterocycles. The fourth-order valence-electron chi connectivity index (χ4n) is 2.12. The number of carbonyl (C=O) groups excluding carboxylic acids is 1. The van der Waals surface area contributed by atoms with Gasteiger partial charge in [-0.05, 0) is 42.7 Å². The number of carbonyl (C=O) groups is 1. The zero-order chi connectivity index (χ0) is 15.6. The lowest BCUT2D eigenvalue weighted by molar-refractivity contribution is -0.129. The van der Waals surface area contributed by atoms with E-state index in [2.05, 4.69) is 4.98 Å². The molecule has 0 bridgehead atoms. The van der Waals surface area contributed by atoms with Crippen LogP contribution in [0, 0.1) is 0 Å². The maximum Gasteiger partial charge on any atom is 0.222 e. The van der Waals surface area contributed by atoms with E-state index in [0.29, 0.717) is 19.6 Å². The maximum atomic E-state index is 12.1. The van der Waals surface area contributed by atoms with Crippen molar-refractivity contribution in [3.05, 3.63) is 60.4 Å². The molecule has 0 radical (unpaired) electrons. The Hall–Kier alpha value is -2.36. The molecule has 1 amide bonds. The molecule has 116 valence electrons. The number of rotatable bonds is 8. The summed E-state index contributed by atoms with van der Waals surface area (Å²) in [5.74, 6) is 1.03. The van der Waals surface area contributed by atoms with Crippen LogP contribution in [0.3, 0.4) is 0 Å². The number of para-hydroxylation sites is 1. The number of ether oxygens (including phenoxy) is 1. The summed E-state index contributed by atoms with van der Waals surface area (Å²) in [4.78, 5) is 17.8. The van der Waals surface area contributed by atoms with Crippen LogP contribution in [0.1, 0.15) is 18.4 Å². The monoisotopic (exact) mass is 298 g/mol. The Kier molecular flexibility index (Phi) is 6.42. The van der Waals surface area contributed by atoms with E-state index in [9.17, 15) is 4.79 Å². The van der Waals surface area contributed by atoms with Gasteiger partial charge in [0.2, 0.25) is 5.91 Å². The van der Waals surface area contributed by atoms with Crippen LogP contribution in [0.4, 0.5) is 0 Å². The molecule has 0 aliphatic rings. The van der Waals surface area contributed by atoms with Crippen LogP contribution < -0.4 is 4.74 Å². The van der Waals surface area contributed by atoms with Gasteiger partial charge >= 0.3 is 0 Å². The Balaban J connectivity index is 1.62. The quantitative estimate of drug-likeness (QED) is 0.704. The second-order valence-electron chi connectivity index (χ2n) is 5.19. The van der Waals surface area contributed by atoms with E-state index >= 15 is 0 Å². The molecule has 1 aromatic carbocycles. The first-order valence-electron chi connectivity index (χ1n) is 7.56. The van der Waals surface area contributed by atoms with Crippen molar-refractivity contribution in [3.8, 4) is 5.75 Å². The van der Waals surface area contributed by atoms with Crippen LogP contribution in [-0.2, 0) is 11.2 Å². The Labute approximate surface area is 131 Å². The van der Waals surface area contributed by atoms with Gasteiger partial charge in [0.25, 0.3) is 0 Å². The summed E-state index contributed by atoms with van der Waals surface area (Å²) < 4.78 is 5.62. The molecule has 4 heteroatoms. The lowest BCUT2D eigenvalue weighted by atomic mass is 10.1. The van der Waals surface area contributed by atoms with Gasteiger partial charge in [-0.1, -0.05) is 18.2 Å². The molecule has 0 aliphatic heterocycles. The number of hydrogen-bond donors (Lipinski definition) is 0. The van der Waals surface area contributed by atoms with Crippen molar-refractivity contribution in [1.29, 1.82) is 0 Å². The Morgan fingerprint density at radius 3 is 2.59 bits per heavy atom. The van der Waals surface area contributed by atoms with Gasteiger partial charge in [-0.3, -0.25) is 9.78 Å². The summed E-state index contributed by atoms with van der Waals surface area (Å²) in [6.45, 7) is 1.33. The van der Waals surface area contributed by atoms with Crippen LogP contribution >= 0.6 is 0 Å². The van der Waals surface area contributed by atoms with Gasteiger partial charge < -0.3 is 9.64 Å². The molecule has 2 aromatic rings. The summed E-state index contributed by atoms with van der Waals surface area (Å²) in [5.41, 5.74) is 1.14. The normalized spacial score (nSPS) is 10.2.